The normalized spacial score (nSPS) is 33.2. The Kier molecular flexibility index (Phi) is 5.33. The zero-order valence-electron chi connectivity index (χ0n) is 19.9. The van der Waals surface area contributed by atoms with Gasteiger partial charge in [-0.2, -0.15) is 0 Å². The predicted octanol–water partition coefficient (Wildman–Crippen LogP) is 8.26. The zero-order valence-corrected chi connectivity index (χ0v) is 20.9. The fourth-order valence-corrected chi connectivity index (χ4v) is 7.52. The lowest BCUT2D eigenvalue weighted by atomic mass is 9.55. The Morgan fingerprint density at radius 1 is 1.14 bits per heavy atom. The van der Waals surface area contributed by atoms with Crippen molar-refractivity contribution >= 4 is 8.32 Å². The van der Waals surface area contributed by atoms with Gasteiger partial charge in [0.05, 0.1) is 0 Å². The van der Waals surface area contributed by atoms with Crippen LogP contribution in [0, 0.1) is 17.3 Å². The molecule has 1 aromatic carbocycles. The number of allylic oxidation sites excluding steroid dienone is 2. The van der Waals surface area contributed by atoms with Gasteiger partial charge in [0.1, 0.15) is 5.75 Å². The van der Waals surface area contributed by atoms with E-state index in [4.69, 9.17) is 4.43 Å². The third kappa shape index (κ3) is 3.54. The molecule has 160 valence electrons. The minimum atomic E-state index is -1.77. The average molecular weight is 411 g/mol. The van der Waals surface area contributed by atoms with E-state index < -0.39 is 8.32 Å². The highest BCUT2D eigenvalue weighted by Crippen LogP contribution is 2.63. The molecule has 0 bridgehead atoms. The van der Waals surface area contributed by atoms with Gasteiger partial charge in [0, 0.05) is 0 Å². The predicted molar refractivity (Wildman–Crippen MR) is 127 cm³/mol. The highest BCUT2D eigenvalue weighted by atomic mass is 28.4. The second-order valence-corrected chi connectivity index (χ2v) is 16.5. The minimum absolute atomic E-state index is 0.244. The van der Waals surface area contributed by atoms with Crippen LogP contribution in [0.1, 0.15) is 90.2 Å². The number of hydrogen-bond donors (Lipinski definition) is 0. The fourth-order valence-electron chi connectivity index (χ4n) is 6.50. The van der Waals surface area contributed by atoms with Gasteiger partial charge in [-0.15, -0.1) is 0 Å². The Balaban J connectivity index is 1.58. The van der Waals surface area contributed by atoms with Gasteiger partial charge in [-0.05, 0) is 110 Å². The van der Waals surface area contributed by atoms with Gasteiger partial charge in [-0.3, -0.25) is 0 Å². The Morgan fingerprint density at radius 2 is 1.90 bits per heavy atom. The molecule has 0 N–H and O–H groups in total. The molecule has 0 spiro atoms. The molecule has 0 aromatic heterocycles. The van der Waals surface area contributed by atoms with E-state index in [1.807, 2.05) is 0 Å². The lowest BCUT2D eigenvalue weighted by molar-refractivity contribution is 0.0812. The Hall–Kier alpha value is -1.02. The van der Waals surface area contributed by atoms with Gasteiger partial charge >= 0.3 is 0 Å². The molecule has 1 aromatic rings. The van der Waals surface area contributed by atoms with Crippen LogP contribution in [-0.2, 0) is 6.42 Å². The van der Waals surface area contributed by atoms with E-state index in [0.29, 0.717) is 5.41 Å². The van der Waals surface area contributed by atoms with Crippen molar-refractivity contribution in [1.29, 1.82) is 0 Å². The van der Waals surface area contributed by atoms with E-state index in [2.05, 4.69) is 72.0 Å². The van der Waals surface area contributed by atoms with E-state index >= 15 is 0 Å². The second-order valence-electron chi connectivity index (χ2n) is 11.8. The summed E-state index contributed by atoms with van der Waals surface area (Å²) < 4.78 is 6.63. The zero-order chi connectivity index (χ0) is 21.0. The SMILES string of the molecule is CCC=C1CC[C@H]2[C@@H]3CCc4cc(O[Si](C)(C)C(C)(C)C)ccc4[C@H]3CC[C@]12C. The van der Waals surface area contributed by atoms with Gasteiger partial charge in [-0.1, -0.05) is 52.3 Å². The van der Waals surface area contributed by atoms with Crippen LogP contribution in [0.5, 0.6) is 5.75 Å². The second kappa shape index (κ2) is 7.29. The average Bonchev–Trinajstić information content (AvgIpc) is 2.97. The Labute approximate surface area is 180 Å². The van der Waals surface area contributed by atoms with E-state index in [0.717, 1.165) is 23.5 Å². The summed E-state index contributed by atoms with van der Waals surface area (Å²) in [5.41, 5.74) is 5.50. The molecule has 0 radical (unpaired) electrons. The standard InChI is InChI=1S/C27H42OSi/c1-8-9-20-11-15-25-24-13-10-19-18-21(28-29(6,7)26(2,3)4)12-14-22(19)23(24)16-17-27(20,25)5/h9,12,14,18,23-25H,8,10-11,13,15-17H2,1-7H3/t23-,24-,25+,27-/m1/s1. The summed E-state index contributed by atoms with van der Waals surface area (Å²) in [5, 5.41) is 0.244. The summed E-state index contributed by atoms with van der Waals surface area (Å²) in [4.78, 5) is 0. The number of fused-ring (bicyclic) bond motifs is 5. The monoisotopic (exact) mass is 410 g/mol. The Morgan fingerprint density at radius 3 is 2.59 bits per heavy atom. The Bertz CT molecular complexity index is 799. The van der Waals surface area contributed by atoms with Crippen LogP contribution in [0.4, 0.5) is 0 Å². The van der Waals surface area contributed by atoms with Crippen molar-refractivity contribution < 1.29 is 4.43 Å². The number of hydrogen-bond acceptors (Lipinski definition) is 1. The molecule has 0 aliphatic heterocycles. The van der Waals surface area contributed by atoms with Crippen molar-refractivity contribution in [3.63, 3.8) is 0 Å². The summed E-state index contributed by atoms with van der Waals surface area (Å²) in [7, 11) is -1.77. The van der Waals surface area contributed by atoms with Crippen molar-refractivity contribution in [1.82, 2.24) is 0 Å². The smallest absolute Gasteiger partial charge is 0.250 e. The van der Waals surface area contributed by atoms with Gasteiger partial charge in [0.25, 0.3) is 0 Å². The molecule has 3 aliphatic carbocycles. The largest absolute Gasteiger partial charge is 0.543 e. The molecule has 2 heteroatoms. The van der Waals surface area contributed by atoms with Gasteiger partial charge in [0.2, 0.25) is 8.32 Å². The first kappa shape index (κ1) is 21.2. The van der Waals surface area contributed by atoms with Crippen molar-refractivity contribution in [3.8, 4) is 5.75 Å². The number of benzene rings is 1. The fraction of sp³-hybridized carbons (Fsp3) is 0.704. The molecule has 29 heavy (non-hydrogen) atoms. The van der Waals surface area contributed by atoms with Crippen LogP contribution in [0.15, 0.2) is 29.8 Å². The summed E-state index contributed by atoms with van der Waals surface area (Å²) >= 11 is 0. The minimum Gasteiger partial charge on any atom is -0.543 e. The topological polar surface area (TPSA) is 9.23 Å². The lowest BCUT2D eigenvalue weighted by Crippen LogP contribution is -2.44. The van der Waals surface area contributed by atoms with E-state index in [1.165, 1.54) is 44.9 Å². The first-order valence-electron chi connectivity index (χ1n) is 12.1. The van der Waals surface area contributed by atoms with E-state index in [1.54, 1.807) is 16.7 Å². The van der Waals surface area contributed by atoms with Gasteiger partial charge < -0.3 is 4.43 Å². The van der Waals surface area contributed by atoms with E-state index in [9.17, 15) is 0 Å². The molecular formula is C27H42OSi. The molecule has 3 aliphatic rings. The quantitative estimate of drug-likeness (QED) is 0.360. The molecule has 0 saturated heterocycles. The molecule has 1 nitrogen and oxygen atoms in total. The van der Waals surface area contributed by atoms with Crippen LogP contribution in [-0.4, -0.2) is 8.32 Å². The van der Waals surface area contributed by atoms with Crippen LogP contribution >= 0.6 is 0 Å². The van der Waals surface area contributed by atoms with Gasteiger partial charge in [0.15, 0.2) is 0 Å². The summed E-state index contributed by atoms with van der Waals surface area (Å²) in [6.07, 6.45) is 11.9. The molecule has 4 atom stereocenters. The summed E-state index contributed by atoms with van der Waals surface area (Å²) in [6, 6.07) is 7.12. The highest BCUT2D eigenvalue weighted by Gasteiger charge is 2.52. The van der Waals surface area contributed by atoms with Crippen LogP contribution < -0.4 is 4.43 Å². The molecule has 4 rings (SSSR count). The summed E-state index contributed by atoms with van der Waals surface area (Å²) in [6.45, 7) is 16.6. The van der Waals surface area contributed by atoms with Crippen LogP contribution in [0.25, 0.3) is 0 Å². The maximum Gasteiger partial charge on any atom is 0.250 e. The molecule has 2 saturated carbocycles. The molecule has 0 amide bonds. The van der Waals surface area contributed by atoms with Crippen molar-refractivity contribution in [3.05, 3.63) is 41.0 Å². The molecule has 0 heterocycles. The van der Waals surface area contributed by atoms with E-state index in [-0.39, 0.29) is 5.04 Å². The third-order valence-electron chi connectivity index (χ3n) is 9.18. The maximum absolute atomic E-state index is 6.63. The molecular weight excluding hydrogens is 368 g/mol. The number of rotatable bonds is 3. The number of aryl methyl sites for hydroxylation is 1. The molecule has 2 fully saturated rings. The first-order valence-corrected chi connectivity index (χ1v) is 15.0. The summed E-state index contributed by atoms with van der Waals surface area (Å²) in [5.74, 6) is 3.68. The first-order chi connectivity index (χ1) is 13.6. The van der Waals surface area contributed by atoms with Crippen molar-refractivity contribution in [2.45, 2.75) is 104 Å². The van der Waals surface area contributed by atoms with Crippen LogP contribution in [0.3, 0.4) is 0 Å². The van der Waals surface area contributed by atoms with Crippen molar-refractivity contribution in [2.24, 2.45) is 17.3 Å². The van der Waals surface area contributed by atoms with Crippen LogP contribution in [0.2, 0.25) is 18.1 Å². The highest BCUT2D eigenvalue weighted by molar-refractivity contribution is 6.74. The molecule has 0 unspecified atom stereocenters. The van der Waals surface area contributed by atoms with Crippen molar-refractivity contribution in [2.75, 3.05) is 0 Å². The maximum atomic E-state index is 6.63. The third-order valence-corrected chi connectivity index (χ3v) is 13.5. The lowest BCUT2D eigenvalue weighted by Gasteiger charge is -2.49. The van der Waals surface area contributed by atoms with Gasteiger partial charge in [-0.25, -0.2) is 0 Å².